The van der Waals surface area contributed by atoms with Gasteiger partial charge in [0, 0.05) is 7.05 Å². The maximum Gasteiger partial charge on any atom is 0.161 e. The summed E-state index contributed by atoms with van der Waals surface area (Å²) in [6, 6.07) is 4.38. The number of methoxy groups -OCH3 is 2. The zero-order valence-electron chi connectivity index (χ0n) is 12.7. The Kier molecular flexibility index (Phi) is 4.80. The number of halogens is 1. The normalized spacial score (nSPS) is 12.2. The number of aryl methyl sites for hydroxylation is 1. The lowest BCUT2D eigenvalue weighted by atomic mass is 10.0. The van der Waals surface area contributed by atoms with E-state index in [1.165, 1.54) is 13.2 Å². The Morgan fingerprint density at radius 3 is 2.62 bits per heavy atom. The summed E-state index contributed by atoms with van der Waals surface area (Å²) in [6.07, 6.45) is 1.62. The predicted molar refractivity (Wildman–Crippen MR) is 78.2 cm³/mol. The molecule has 0 fully saturated rings. The topological polar surface area (TPSA) is 48.3 Å². The number of ether oxygens (including phenoxy) is 2. The summed E-state index contributed by atoms with van der Waals surface area (Å²) in [5.41, 5.74) is 1.20. The molecular formula is C15H20FN3O2. The van der Waals surface area contributed by atoms with Gasteiger partial charge in [-0.15, -0.1) is 0 Å². The minimum absolute atomic E-state index is 0.330. The van der Waals surface area contributed by atoms with E-state index in [1.54, 1.807) is 37.2 Å². The third-order valence-electron chi connectivity index (χ3n) is 3.37. The fraction of sp³-hybridized carbons (Fsp3) is 0.400. The highest BCUT2D eigenvalue weighted by Crippen LogP contribution is 2.35. The van der Waals surface area contributed by atoms with Gasteiger partial charge < -0.3 is 14.8 Å². The zero-order chi connectivity index (χ0) is 15.4. The van der Waals surface area contributed by atoms with Gasteiger partial charge in [0.1, 0.15) is 17.3 Å². The molecule has 5 nitrogen and oxygen atoms in total. The van der Waals surface area contributed by atoms with Gasteiger partial charge in [0.05, 0.1) is 32.0 Å². The molecule has 114 valence electrons. The molecule has 1 aromatic carbocycles. The molecular weight excluding hydrogens is 273 g/mol. The molecule has 1 aromatic heterocycles. The molecule has 6 heteroatoms. The maximum absolute atomic E-state index is 14.4. The first-order valence-corrected chi connectivity index (χ1v) is 6.75. The number of nitrogens with one attached hydrogen (secondary N) is 1. The molecule has 0 radical (unpaired) electrons. The van der Waals surface area contributed by atoms with E-state index >= 15 is 0 Å². The van der Waals surface area contributed by atoms with Crippen LogP contribution in [0.4, 0.5) is 4.39 Å². The molecule has 1 unspecified atom stereocenters. The molecule has 1 atom stereocenters. The van der Waals surface area contributed by atoms with Gasteiger partial charge in [0.25, 0.3) is 0 Å². The van der Waals surface area contributed by atoms with Crippen molar-refractivity contribution in [3.8, 4) is 11.5 Å². The highest BCUT2D eigenvalue weighted by atomic mass is 19.1. The summed E-state index contributed by atoms with van der Waals surface area (Å²) in [5.74, 6) is 0.765. The van der Waals surface area contributed by atoms with Crippen LogP contribution in [0.5, 0.6) is 11.5 Å². The first-order chi connectivity index (χ1) is 10.1. The van der Waals surface area contributed by atoms with Crippen molar-refractivity contribution < 1.29 is 13.9 Å². The Morgan fingerprint density at radius 2 is 2.00 bits per heavy atom. The molecule has 0 bridgehead atoms. The van der Waals surface area contributed by atoms with E-state index in [9.17, 15) is 4.39 Å². The first kappa shape index (κ1) is 15.3. The second-order valence-electron chi connectivity index (χ2n) is 4.57. The van der Waals surface area contributed by atoms with Crippen LogP contribution in [0.3, 0.4) is 0 Å². The number of nitrogens with zero attached hydrogens (tertiary/aromatic N) is 2. The highest BCUT2D eigenvalue weighted by Gasteiger charge is 2.27. The Bertz CT molecular complexity index is 613. The smallest absolute Gasteiger partial charge is 0.161 e. The summed E-state index contributed by atoms with van der Waals surface area (Å²) in [7, 11) is 4.90. The lowest BCUT2D eigenvalue weighted by Gasteiger charge is -2.22. The van der Waals surface area contributed by atoms with Crippen LogP contribution < -0.4 is 14.8 Å². The zero-order valence-corrected chi connectivity index (χ0v) is 12.7. The van der Waals surface area contributed by atoms with Crippen molar-refractivity contribution in [2.45, 2.75) is 13.0 Å². The largest absolute Gasteiger partial charge is 0.496 e. The van der Waals surface area contributed by atoms with E-state index in [4.69, 9.17) is 9.47 Å². The van der Waals surface area contributed by atoms with E-state index in [-0.39, 0.29) is 5.82 Å². The molecule has 0 aliphatic carbocycles. The second-order valence-corrected chi connectivity index (χ2v) is 4.57. The quantitative estimate of drug-likeness (QED) is 0.887. The van der Waals surface area contributed by atoms with Gasteiger partial charge in [-0.25, -0.2) is 4.39 Å². The Balaban J connectivity index is 2.61. The summed E-state index contributed by atoms with van der Waals surface area (Å²) in [4.78, 5) is 0. The van der Waals surface area contributed by atoms with Crippen LogP contribution in [0.25, 0.3) is 0 Å². The van der Waals surface area contributed by atoms with Crippen molar-refractivity contribution in [1.82, 2.24) is 15.1 Å². The van der Waals surface area contributed by atoms with Crippen LogP contribution in [-0.4, -0.2) is 30.5 Å². The third-order valence-corrected chi connectivity index (χ3v) is 3.37. The van der Waals surface area contributed by atoms with Crippen LogP contribution in [0, 0.1) is 5.82 Å². The lowest BCUT2D eigenvalue weighted by molar-refractivity contribution is 0.384. The molecule has 1 N–H and O–H groups in total. The molecule has 2 aromatic rings. The minimum atomic E-state index is -0.409. The first-order valence-electron chi connectivity index (χ1n) is 6.75. The average Bonchev–Trinajstić information content (AvgIpc) is 2.86. The van der Waals surface area contributed by atoms with E-state index in [0.29, 0.717) is 23.6 Å². The molecule has 0 spiro atoms. The van der Waals surface area contributed by atoms with E-state index < -0.39 is 6.04 Å². The van der Waals surface area contributed by atoms with Gasteiger partial charge in [-0.3, -0.25) is 4.68 Å². The molecule has 0 aliphatic rings. The van der Waals surface area contributed by atoms with Crippen molar-refractivity contribution in [2.24, 2.45) is 7.05 Å². The van der Waals surface area contributed by atoms with Crippen LogP contribution in [0.1, 0.15) is 24.2 Å². The van der Waals surface area contributed by atoms with Crippen LogP contribution in [0.2, 0.25) is 0 Å². The third kappa shape index (κ3) is 2.85. The van der Waals surface area contributed by atoms with Crippen molar-refractivity contribution in [2.75, 3.05) is 20.8 Å². The van der Waals surface area contributed by atoms with E-state index in [0.717, 1.165) is 5.69 Å². The summed E-state index contributed by atoms with van der Waals surface area (Å²) >= 11 is 0. The predicted octanol–water partition coefficient (Wildman–Crippen LogP) is 2.28. The van der Waals surface area contributed by atoms with Gasteiger partial charge in [0.2, 0.25) is 0 Å². The van der Waals surface area contributed by atoms with Crippen molar-refractivity contribution >= 4 is 0 Å². The highest BCUT2D eigenvalue weighted by molar-refractivity contribution is 5.44. The Labute approximate surface area is 123 Å². The van der Waals surface area contributed by atoms with Gasteiger partial charge in [0.15, 0.2) is 5.75 Å². The summed E-state index contributed by atoms with van der Waals surface area (Å²) < 4.78 is 26.7. The van der Waals surface area contributed by atoms with E-state index in [1.807, 2.05) is 6.92 Å². The van der Waals surface area contributed by atoms with E-state index in [2.05, 4.69) is 10.4 Å². The number of hydrogen-bond donors (Lipinski definition) is 1. The Hall–Kier alpha value is -2.08. The molecule has 0 saturated heterocycles. The standard InChI is InChI=1S/C15H20FN3O2/c1-5-17-14(15-12(21-4)9-18-19(15)2)13-10(16)7-6-8-11(13)20-3/h6-9,14,17H,5H2,1-4H3. The van der Waals surface area contributed by atoms with Crippen molar-refractivity contribution in [3.63, 3.8) is 0 Å². The summed E-state index contributed by atoms with van der Waals surface area (Å²) in [5, 5.41) is 7.46. The van der Waals surface area contributed by atoms with Crippen LogP contribution >= 0.6 is 0 Å². The van der Waals surface area contributed by atoms with Gasteiger partial charge in [-0.1, -0.05) is 13.0 Å². The average molecular weight is 293 g/mol. The van der Waals surface area contributed by atoms with Crippen LogP contribution in [-0.2, 0) is 7.05 Å². The number of hydrogen-bond acceptors (Lipinski definition) is 4. The van der Waals surface area contributed by atoms with Crippen LogP contribution in [0.15, 0.2) is 24.4 Å². The number of aromatic nitrogens is 2. The summed E-state index contributed by atoms with van der Waals surface area (Å²) in [6.45, 7) is 2.62. The lowest BCUT2D eigenvalue weighted by Crippen LogP contribution is -2.26. The fourth-order valence-electron chi connectivity index (χ4n) is 2.43. The molecule has 0 amide bonds. The molecule has 1 heterocycles. The van der Waals surface area contributed by atoms with Gasteiger partial charge in [-0.2, -0.15) is 5.10 Å². The molecule has 2 rings (SSSR count). The number of benzene rings is 1. The fourth-order valence-corrected chi connectivity index (χ4v) is 2.43. The molecule has 21 heavy (non-hydrogen) atoms. The monoisotopic (exact) mass is 293 g/mol. The molecule has 0 saturated carbocycles. The second kappa shape index (κ2) is 6.58. The van der Waals surface area contributed by atoms with Gasteiger partial charge in [-0.05, 0) is 18.7 Å². The minimum Gasteiger partial charge on any atom is -0.496 e. The Morgan fingerprint density at radius 1 is 1.29 bits per heavy atom. The van der Waals surface area contributed by atoms with Gasteiger partial charge >= 0.3 is 0 Å². The molecule has 0 aliphatic heterocycles. The maximum atomic E-state index is 14.4. The number of rotatable bonds is 6. The SMILES string of the molecule is CCNC(c1c(F)cccc1OC)c1c(OC)cnn1C. The van der Waals surface area contributed by atoms with Crippen molar-refractivity contribution in [3.05, 3.63) is 41.5 Å². The van der Waals surface area contributed by atoms with Crippen molar-refractivity contribution in [1.29, 1.82) is 0 Å².